The topological polar surface area (TPSA) is 55.8 Å². The molecule has 0 saturated carbocycles. The number of rotatable bonds is 7. The van der Waals surface area contributed by atoms with Crippen LogP contribution in [0.1, 0.15) is 31.9 Å². The second-order valence-electron chi connectivity index (χ2n) is 8.00. The Balaban J connectivity index is 0.00000289. The molecule has 0 aliphatic carbocycles. The second-order valence-corrected chi connectivity index (χ2v) is 8.83. The van der Waals surface area contributed by atoms with Crippen LogP contribution in [-0.4, -0.2) is 56.3 Å². The third-order valence-corrected chi connectivity index (χ3v) is 6.63. The van der Waals surface area contributed by atoms with Crippen LogP contribution in [0.5, 0.6) is 0 Å². The molecule has 1 aromatic heterocycles. The van der Waals surface area contributed by atoms with Gasteiger partial charge >= 0.3 is 0 Å². The van der Waals surface area contributed by atoms with Gasteiger partial charge in [0.25, 0.3) is 0 Å². The molecule has 1 atom stereocenters. The highest BCUT2D eigenvalue weighted by Crippen LogP contribution is 2.25. The molecular formula is C22H31F2IN6S. The van der Waals surface area contributed by atoms with Crippen LogP contribution in [0, 0.1) is 11.6 Å². The number of hydrogen-bond donors (Lipinski definition) is 2. The molecule has 10 heteroatoms. The molecule has 0 radical (unpaired) electrons. The lowest BCUT2D eigenvalue weighted by molar-refractivity contribution is 0.580. The molecule has 176 valence electrons. The fourth-order valence-electron chi connectivity index (χ4n) is 4.10. The van der Waals surface area contributed by atoms with Gasteiger partial charge in [-0.3, -0.25) is 4.99 Å². The van der Waals surface area contributed by atoms with E-state index < -0.39 is 11.6 Å². The Morgan fingerprint density at radius 2 is 2.03 bits per heavy atom. The van der Waals surface area contributed by atoms with Crippen molar-refractivity contribution < 1.29 is 8.78 Å². The number of anilines is 2. The van der Waals surface area contributed by atoms with Crippen LogP contribution in [0.2, 0.25) is 0 Å². The van der Waals surface area contributed by atoms with Crippen molar-refractivity contribution in [1.82, 2.24) is 15.6 Å². The first kappa shape index (κ1) is 24.9. The van der Waals surface area contributed by atoms with Gasteiger partial charge in [0, 0.05) is 63.2 Å². The molecule has 2 fully saturated rings. The summed E-state index contributed by atoms with van der Waals surface area (Å²) >= 11 is 1.72. The Morgan fingerprint density at radius 1 is 1.22 bits per heavy atom. The molecule has 0 bridgehead atoms. The normalized spacial score (nSPS) is 18.7. The number of aliphatic imine (C=N–C) groups is 1. The summed E-state index contributed by atoms with van der Waals surface area (Å²) in [4.78, 5) is 13.8. The first-order chi connectivity index (χ1) is 15.1. The zero-order valence-corrected chi connectivity index (χ0v) is 21.5. The van der Waals surface area contributed by atoms with E-state index in [0.29, 0.717) is 18.8 Å². The predicted molar refractivity (Wildman–Crippen MR) is 139 cm³/mol. The molecule has 2 aliphatic heterocycles. The largest absolute Gasteiger partial charge is 0.367 e. The van der Waals surface area contributed by atoms with E-state index in [9.17, 15) is 8.78 Å². The highest BCUT2D eigenvalue weighted by atomic mass is 127. The lowest BCUT2D eigenvalue weighted by Crippen LogP contribution is -2.44. The predicted octanol–water partition coefficient (Wildman–Crippen LogP) is 4.02. The van der Waals surface area contributed by atoms with E-state index in [2.05, 4.69) is 20.9 Å². The molecule has 4 rings (SSSR count). The van der Waals surface area contributed by atoms with E-state index in [0.717, 1.165) is 61.9 Å². The average Bonchev–Trinajstić information content (AvgIpc) is 3.50. The Morgan fingerprint density at radius 3 is 2.78 bits per heavy atom. The number of hydrogen-bond acceptors (Lipinski definition) is 5. The van der Waals surface area contributed by atoms with Crippen LogP contribution < -0.4 is 20.4 Å². The van der Waals surface area contributed by atoms with Gasteiger partial charge in [-0.2, -0.15) is 0 Å². The molecule has 2 aromatic rings. The molecule has 32 heavy (non-hydrogen) atoms. The molecule has 2 N–H and O–H groups in total. The molecular weight excluding hydrogens is 545 g/mol. The van der Waals surface area contributed by atoms with Crippen LogP contribution in [-0.2, 0) is 6.42 Å². The van der Waals surface area contributed by atoms with Gasteiger partial charge in [0.1, 0.15) is 11.6 Å². The van der Waals surface area contributed by atoms with Crippen molar-refractivity contribution in [3.05, 3.63) is 40.9 Å². The minimum absolute atomic E-state index is 0. The van der Waals surface area contributed by atoms with E-state index in [-0.39, 0.29) is 30.0 Å². The monoisotopic (exact) mass is 576 g/mol. The zero-order chi connectivity index (χ0) is 21.6. The Kier molecular flexibility index (Phi) is 9.33. The molecule has 3 heterocycles. The quantitative estimate of drug-likeness (QED) is 0.297. The van der Waals surface area contributed by atoms with E-state index in [1.54, 1.807) is 11.3 Å². The Hall–Kier alpha value is -1.69. The van der Waals surface area contributed by atoms with Gasteiger partial charge < -0.3 is 20.4 Å². The van der Waals surface area contributed by atoms with E-state index in [1.165, 1.54) is 25.0 Å². The van der Waals surface area contributed by atoms with E-state index in [4.69, 9.17) is 9.98 Å². The molecule has 0 spiro atoms. The zero-order valence-electron chi connectivity index (χ0n) is 18.3. The number of benzene rings is 1. The number of aromatic nitrogens is 1. The summed E-state index contributed by atoms with van der Waals surface area (Å²) in [5.74, 6) is -0.300. The molecule has 0 amide bonds. The highest BCUT2D eigenvalue weighted by Gasteiger charge is 2.25. The number of guanidine groups is 1. The number of nitrogens with zero attached hydrogens (tertiary/aromatic N) is 4. The fraction of sp³-hybridized carbons (Fsp3) is 0.545. The lowest BCUT2D eigenvalue weighted by atomic mass is 10.2. The standard InChI is InChI=1S/C22H30F2N6S.HI/c1-2-25-21(26-9-7-18-15-31-22(28-18)29-10-3-4-11-29)27-17-8-12-30(14-17)20-6-5-16(23)13-19(20)24;/h5-6,13,15,17H,2-4,7-12,14H2,1H3,(H2,25,26,27);1H. The first-order valence-electron chi connectivity index (χ1n) is 11.1. The maximum atomic E-state index is 14.1. The second kappa shape index (κ2) is 12.0. The molecule has 2 saturated heterocycles. The number of halogens is 3. The summed E-state index contributed by atoms with van der Waals surface area (Å²) in [7, 11) is 0. The van der Waals surface area contributed by atoms with Gasteiger partial charge in [-0.1, -0.05) is 0 Å². The summed E-state index contributed by atoms with van der Waals surface area (Å²) in [5.41, 5.74) is 1.54. The summed E-state index contributed by atoms with van der Waals surface area (Å²) in [5, 5.41) is 10.0. The van der Waals surface area contributed by atoms with Crippen molar-refractivity contribution in [3.63, 3.8) is 0 Å². The smallest absolute Gasteiger partial charge is 0.191 e. The fourth-order valence-corrected chi connectivity index (χ4v) is 5.01. The van der Waals surface area contributed by atoms with Crippen LogP contribution in [0.15, 0.2) is 28.6 Å². The van der Waals surface area contributed by atoms with Gasteiger partial charge in [-0.05, 0) is 38.3 Å². The molecule has 1 aromatic carbocycles. The van der Waals surface area contributed by atoms with Gasteiger partial charge in [-0.15, -0.1) is 35.3 Å². The van der Waals surface area contributed by atoms with Gasteiger partial charge in [-0.25, -0.2) is 13.8 Å². The average molecular weight is 576 g/mol. The summed E-state index contributed by atoms with van der Waals surface area (Å²) in [6.07, 6.45) is 4.18. The van der Waals surface area contributed by atoms with E-state index in [1.807, 2.05) is 11.8 Å². The van der Waals surface area contributed by atoms with Crippen molar-refractivity contribution >= 4 is 52.1 Å². The highest BCUT2D eigenvalue weighted by molar-refractivity contribution is 14.0. The Bertz CT molecular complexity index is 902. The summed E-state index contributed by atoms with van der Waals surface area (Å²) in [6, 6.07) is 3.91. The molecule has 2 aliphatic rings. The van der Waals surface area contributed by atoms with Crippen LogP contribution >= 0.6 is 35.3 Å². The van der Waals surface area contributed by atoms with Crippen LogP contribution in [0.3, 0.4) is 0 Å². The van der Waals surface area contributed by atoms with Crippen LogP contribution in [0.25, 0.3) is 0 Å². The Labute approximate surface area is 209 Å². The van der Waals surface area contributed by atoms with Gasteiger partial charge in [0.2, 0.25) is 0 Å². The maximum Gasteiger partial charge on any atom is 0.191 e. The minimum atomic E-state index is -0.552. The number of thiazole rings is 1. The minimum Gasteiger partial charge on any atom is -0.367 e. The summed E-state index contributed by atoms with van der Waals surface area (Å²) in [6.45, 7) is 7.05. The van der Waals surface area contributed by atoms with Crippen molar-refractivity contribution in [1.29, 1.82) is 0 Å². The third-order valence-electron chi connectivity index (χ3n) is 5.68. The molecule has 1 unspecified atom stereocenters. The lowest BCUT2D eigenvalue weighted by Gasteiger charge is -2.21. The van der Waals surface area contributed by atoms with Crippen LogP contribution in [0.4, 0.5) is 19.6 Å². The molecule has 6 nitrogen and oxygen atoms in total. The van der Waals surface area contributed by atoms with Gasteiger partial charge in [0.15, 0.2) is 11.1 Å². The van der Waals surface area contributed by atoms with Gasteiger partial charge in [0.05, 0.1) is 11.4 Å². The van der Waals surface area contributed by atoms with Crippen molar-refractivity contribution in [2.45, 2.75) is 38.6 Å². The summed E-state index contributed by atoms with van der Waals surface area (Å²) < 4.78 is 27.3. The van der Waals surface area contributed by atoms with Crippen molar-refractivity contribution in [2.75, 3.05) is 49.1 Å². The van der Waals surface area contributed by atoms with Crippen molar-refractivity contribution in [3.8, 4) is 0 Å². The maximum absolute atomic E-state index is 14.1. The SMILES string of the molecule is CCNC(=NCCc1csc(N2CCCC2)n1)NC1CCN(c2ccc(F)cc2F)C1.I. The number of nitrogens with one attached hydrogen (secondary N) is 2. The first-order valence-corrected chi connectivity index (χ1v) is 11.9. The third kappa shape index (κ3) is 6.43. The van der Waals surface area contributed by atoms with E-state index >= 15 is 0 Å². The van der Waals surface area contributed by atoms with Crippen molar-refractivity contribution in [2.24, 2.45) is 4.99 Å².